The Labute approximate surface area is 582 Å². The van der Waals surface area contributed by atoms with E-state index in [1.807, 2.05) is 21.1 Å². The zero-order valence-corrected chi connectivity index (χ0v) is 61.0. The number of ether oxygens (including phenoxy) is 4. The van der Waals surface area contributed by atoms with Gasteiger partial charge >= 0.3 is 11.9 Å². The first-order valence-corrected chi connectivity index (χ1v) is 37.6. The SMILES string of the molecule is CC/C=C\C/C=C\C/C=C\C/C=C\C/C=C\C/C=C\C/C=C\C/C=C\C/C=C\CCCCCCCCCC(=O)OC(COC(=O)CCCCCCCCCCCCCCC/C=C\C/C=C\C/C=C\C/C=C\C/C=C\C/C=C\C/C=C\CC)COC(OCC[N+](C)(C)C)C(=O)[O-]. The van der Waals surface area contributed by atoms with Gasteiger partial charge in [-0.25, -0.2) is 0 Å². The predicted octanol–water partition coefficient (Wildman–Crippen LogP) is 22.8. The fourth-order valence-electron chi connectivity index (χ4n) is 9.69. The number of carboxylic acids is 1. The van der Waals surface area contributed by atoms with E-state index < -0.39 is 24.3 Å². The summed E-state index contributed by atoms with van der Waals surface area (Å²) in [5.41, 5.74) is 0. The molecule has 534 valence electrons. The van der Waals surface area contributed by atoms with E-state index in [0.29, 0.717) is 17.4 Å². The van der Waals surface area contributed by atoms with E-state index >= 15 is 0 Å². The maximum Gasteiger partial charge on any atom is 0.306 e. The summed E-state index contributed by atoms with van der Waals surface area (Å²) in [4.78, 5) is 37.6. The Kier molecular flexibility index (Phi) is 69.4. The largest absolute Gasteiger partial charge is 0.545 e. The minimum absolute atomic E-state index is 0.135. The molecule has 0 aliphatic carbocycles. The summed E-state index contributed by atoms with van der Waals surface area (Å²) in [6.07, 6.45) is 111. The Morgan fingerprint density at radius 1 is 0.316 bits per heavy atom. The molecule has 0 aromatic carbocycles. The van der Waals surface area contributed by atoms with Crippen LogP contribution >= 0.6 is 0 Å². The summed E-state index contributed by atoms with van der Waals surface area (Å²) >= 11 is 0. The zero-order chi connectivity index (χ0) is 69.0. The molecular formula is C86H137NO8. The lowest BCUT2D eigenvalue weighted by molar-refractivity contribution is -0.870. The van der Waals surface area contributed by atoms with Crippen molar-refractivity contribution in [1.82, 2.24) is 0 Å². The van der Waals surface area contributed by atoms with Crippen LogP contribution in [0, 0.1) is 0 Å². The highest BCUT2D eigenvalue weighted by Crippen LogP contribution is 2.16. The number of unbranched alkanes of at least 4 members (excludes halogenated alkanes) is 20. The number of allylic oxidation sites excluding steroid dienone is 32. The lowest BCUT2D eigenvalue weighted by Crippen LogP contribution is -2.44. The van der Waals surface area contributed by atoms with Gasteiger partial charge in [-0.15, -0.1) is 0 Å². The van der Waals surface area contributed by atoms with Crippen LogP contribution in [0.5, 0.6) is 0 Å². The highest BCUT2D eigenvalue weighted by atomic mass is 16.7. The third kappa shape index (κ3) is 75.4. The maximum atomic E-state index is 13.0. The second kappa shape index (κ2) is 73.9. The summed E-state index contributed by atoms with van der Waals surface area (Å²) in [6.45, 7) is 4.49. The lowest BCUT2D eigenvalue weighted by Gasteiger charge is -2.26. The molecule has 0 saturated heterocycles. The van der Waals surface area contributed by atoms with Gasteiger partial charge in [0.05, 0.1) is 40.3 Å². The van der Waals surface area contributed by atoms with Gasteiger partial charge in [0.1, 0.15) is 13.2 Å². The van der Waals surface area contributed by atoms with Gasteiger partial charge in [-0.3, -0.25) is 9.59 Å². The lowest BCUT2D eigenvalue weighted by atomic mass is 10.0. The third-order valence-electron chi connectivity index (χ3n) is 15.3. The molecule has 0 radical (unpaired) electrons. The van der Waals surface area contributed by atoms with Crippen LogP contribution in [-0.2, 0) is 33.3 Å². The number of hydrogen-bond donors (Lipinski definition) is 0. The van der Waals surface area contributed by atoms with E-state index in [1.165, 1.54) is 89.9 Å². The monoisotopic (exact) mass is 1310 g/mol. The van der Waals surface area contributed by atoms with Crippen LogP contribution in [0.2, 0.25) is 0 Å². The van der Waals surface area contributed by atoms with Crippen molar-refractivity contribution in [2.75, 3.05) is 47.5 Å². The van der Waals surface area contributed by atoms with E-state index in [0.717, 1.165) is 148 Å². The second-order valence-electron chi connectivity index (χ2n) is 25.5. The average molecular weight is 1310 g/mol. The molecule has 0 aromatic heterocycles. The number of likely N-dealkylation sites (N-methyl/N-ethyl adjacent to an activating group) is 1. The number of carbonyl (C=O) groups is 3. The van der Waals surface area contributed by atoms with Crippen molar-refractivity contribution in [2.45, 2.75) is 283 Å². The van der Waals surface area contributed by atoms with Crippen LogP contribution in [-0.4, -0.2) is 82.3 Å². The van der Waals surface area contributed by atoms with Crippen molar-refractivity contribution in [3.05, 3.63) is 194 Å². The van der Waals surface area contributed by atoms with Crippen molar-refractivity contribution >= 4 is 17.9 Å². The fraction of sp³-hybridized carbons (Fsp3) is 0.593. The number of carboxylic acid groups (broad SMARTS) is 1. The Morgan fingerprint density at radius 3 is 0.842 bits per heavy atom. The molecule has 0 fully saturated rings. The molecule has 0 rings (SSSR count). The number of hydrogen-bond acceptors (Lipinski definition) is 8. The van der Waals surface area contributed by atoms with Crippen LogP contribution in [0.15, 0.2) is 194 Å². The van der Waals surface area contributed by atoms with Gasteiger partial charge in [-0.2, -0.15) is 0 Å². The number of esters is 2. The molecule has 0 spiro atoms. The third-order valence-corrected chi connectivity index (χ3v) is 15.3. The van der Waals surface area contributed by atoms with Gasteiger partial charge in [-0.05, 0) is 141 Å². The molecule has 0 bridgehead atoms. The van der Waals surface area contributed by atoms with E-state index in [9.17, 15) is 19.5 Å². The molecule has 0 amide bonds. The van der Waals surface area contributed by atoms with Crippen molar-refractivity contribution in [3.63, 3.8) is 0 Å². The minimum Gasteiger partial charge on any atom is -0.545 e. The number of aliphatic carboxylic acids is 1. The average Bonchev–Trinajstić information content (AvgIpc) is 3.58. The molecule has 0 aliphatic rings. The molecule has 0 saturated carbocycles. The van der Waals surface area contributed by atoms with E-state index in [-0.39, 0.29) is 38.6 Å². The molecule has 9 heteroatoms. The molecule has 95 heavy (non-hydrogen) atoms. The highest BCUT2D eigenvalue weighted by Gasteiger charge is 2.22. The standard InChI is InChI=1S/C86H137NO8/c1-6-8-10-12-14-16-18-20-22-24-26-28-30-32-34-36-38-40-42-44-46-48-50-52-54-56-58-60-62-64-66-68-70-72-74-76-83(88)93-80-82(81-94-86(85(90)91)92-79-78-87(3,4)5)95-84(89)77-75-73-71-69-67-65-63-61-59-57-55-53-51-49-47-45-43-41-39-37-35-33-31-29-27-25-23-21-19-17-15-13-11-9-7-2/h8-11,14-17,20-23,26-29,32-35,38-41,44-47,51,53,57,59,82,86H,6-7,12-13,18-19,24-25,30-31,36-37,42-43,48-50,52,54-56,58,60-81H2,1-5H3/b10-8-,11-9-,16-14-,17-15-,22-20-,23-21-,28-26-,29-27-,34-32-,35-33-,40-38-,41-39-,46-44-,47-45-,53-51-,59-57-. The van der Waals surface area contributed by atoms with Crippen LogP contribution in [0.4, 0.5) is 0 Å². The topological polar surface area (TPSA) is 111 Å². The second-order valence-corrected chi connectivity index (χ2v) is 25.5. The van der Waals surface area contributed by atoms with Crippen molar-refractivity contribution in [1.29, 1.82) is 0 Å². The van der Waals surface area contributed by atoms with Crippen molar-refractivity contribution in [3.8, 4) is 0 Å². The van der Waals surface area contributed by atoms with E-state index in [2.05, 4.69) is 208 Å². The molecule has 2 unspecified atom stereocenters. The van der Waals surface area contributed by atoms with Gasteiger partial charge in [0.25, 0.3) is 0 Å². The molecule has 0 aromatic rings. The van der Waals surface area contributed by atoms with Gasteiger partial charge in [0, 0.05) is 12.8 Å². The van der Waals surface area contributed by atoms with Crippen LogP contribution in [0.1, 0.15) is 271 Å². The molecule has 0 N–H and O–H groups in total. The van der Waals surface area contributed by atoms with Crippen LogP contribution < -0.4 is 5.11 Å². The maximum absolute atomic E-state index is 13.0. The van der Waals surface area contributed by atoms with E-state index in [1.54, 1.807) is 0 Å². The summed E-state index contributed by atoms with van der Waals surface area (Å²) in [5.74, 6) is -2.31. The fourth-order valence-corrected chi connectivity index (χ4v) is 9.69. The normalized spacial score (nSPS) is 13.8. The van der Waals surface area contributed by atoms with Gasteiger partial charge < -0.3 is 33.3 Å². The Bertz CT molecular complexity index is 2270. The van der Waals surface area contributed by atoms with E-state index in [4.69, 9.17) is 18.9 Å². The number of nitrogens with zero attached hydrogens (tertiary/aromatic N) is 1. The van der Waals surface area contributed by atoms with Crippen molar-refractivity contribution < 1.29 is 42.9 Å². The first-order chi connectivity index (χ1) is 46.6. The molecular weight excluding hydrogens is 1170 g/mol. The molecule has 2 atom stereocenters. The zero-order valence-electron chi connectivity index (χ0n) is 61.0. The molecule has 9 nitrogen and oxygen atoms in total. The number of carbonyl (C=O) groups excluding carboxylic acids is 3. The number of rotatable bonds is 67. The summed E-state index contributed by atoms with van der Waals surface area (Å²) in [6, 6.07) is 0. The highest BCUT2D eigenvalue weighted by molar-refractivity contribution is 5.70. The smallest absolute Gasteiger partial charge is 0.306 e. The first kappa shape index (κ1) is 89.1. The summed E-state index contributed by atoms with van der Waals surface area (Å²) in [5, 5.41) is 11.9. The Morgan fingerprint density at radius 2 is 0.568 bits per heavy atom. The molecule has 0 heterocycles. The van der Waals surface area contributed by atoms with Gasteiger partial charge in [0.15, 0.2) is 12.4 Å². The quantitative estimate of drug-likeness (QED) is 0.0195. The summed E-state index contributed by atoms with van der Waals surface area (Å²) in [7, 11) is 5.92. The summed E-state index contributed by atoms with van der Waals surface area (Å²) < 4.78 is 22.8. The Balaban J connectivity index is 4.18. The Hall–Kier alpha value is -5.87. The van der Waals surface area contributed by atoms with Gasteiger partial charge in [0.2, 0.25) is 0 Å². The van der Waals surface area contributed by atoms with Crippen molar-refractivity contribution in [2.24, 2.45) is 0 Å². The predicted molar refractivity (Wildman–Crippen MR) is 407 cm³/mol. The minimum atomic E-state index is -1.64. The number of quaternary nitrogens is 1. The van der Waals surface area contributed by atoms with Gasteiger partial charge in [-0.1, -0.05) is 311 Å². The van der Waals surface area contributed by atoms with Crippen LogP contribution in [0.3, 0.4) is 0 Å². The first-order valence-electron chi connectivity index (χ1n) is 37.6. The molecule has 0 aliphatic heterocycles. The van der Waals surface area contributed by atoms with Crippen LogP contribution in [0.25, 0.3) is 0 Å².